The van der Waals surface area contributed by atoms with Crippen molar-refractivity contribution in [3.63, 3.8) is 0 Å². The third-order valence-corrected chi connectivity index (χ3v) is 2.37. The van der Waals surface area contributed by atoms with Crippen LogP contribution in [0.2, 0.25) is 0 Å². The minimum Gasteiger partial charge on any atom is -0.369 e. The zero-order valence-corrected chi connectivity index (χ0v) is 11.4. The molecular weight excluding hydrogens is 273 g/mol. The summed E-state index contributed by atoms with van der Waals surface area (Å²) >= 11 is 0. The van der Waals surface area contributed by atoms with Gasteiger partial charge >= 0.3 is 6.18 Å². The number of amides is 1. The number of aryl methyl sites for hydroxylation is 1. The van der Waals surface area contributed by atoms with Crippen molar-refractivity contribution in [1.82, 2.24) is 14.8 Å². The van der Waals surface area contributed by atoms with E-state index in [9.17, 15) is 18.0 Å². The molecule has 112 valence electrons. The molecule has 2 N–H and O–H groups in total. The van der Waals surface area contributed by atoms with Gasteiger partial charge in [0.15, 0.2) is 5.82 Å². The Morgan fingerprint density at radius 2 is 2.05 bits per heavy atom. The Hall–Kier alpha value is -1.86. The molecule has 0 bridgehead atoms. The number of carbonyl (C=O) groups is 1. The van der Waals surface area contributed by atoms with E-state index in [0.29, 0.717) is 12.8 Å². The van der Waals surface area contributed by atoms with Gasteiger partial charge < -0.3 is 5.73 Å². The van der Waals surface area contributed by atoms with Crippen LogP contribution in [-0.4, -0.2) is 26.8 Å². The minimum atomic E-state index is -4.39. The Labute approximate surface area is 114 Å². The van der Waals surface area contributed by atoms with Crippen molar-refractivity contribution in [3.05, 3.63) is 23.3 Å². The predicted octanol–water partition coefficient (Wildman–Crippen LogP) is 1.77. The summed E-state index contributed by atoms with van der Waals surface area (Å²) in [6, 6.07) is 0. The van der Waals surface area contributed by atoms with E-state index < -0.39 is 18.6 Å². The highest BCUT2D eigenvalue weighted by atomic mass is 19.4. The molecule has 1 amide bonds. The van der Waals surface area contributed by atoms with Crippen LogP contribution in [0.1, 0.15) is 31.9 Å². The lowest BCUT2D eigenvalue weighted by Crippen LogP contribution is -2.21. The lowest BCUT2D eigenvalue weighted by Gasteiger charge is -2.08. The summed E-state index contributed by atoms with van der Waals surface area (Å²) in [4.78, 5) is 14.7. The highest BCUT2D eigenvalue weighted by Gasteiger charge is 2.30. The fourth-order valence-corrected chi connectivity index (χ4v) is 1.63. The summed E-state index contributed by atoms with van der Waals surface area (Å²) in [6.45, 7) is 2.58. The number of nitrogens with zero attached hydrogens (tertiary/aromatic N) is 3. The number of allylic oxidation sites excluding steroid dienone is 2. The minimum absolute atomic E-state index is 0.0222. The molecule has 0 aliphatic carbocycles. The fraction of sp³-hybridized carbons (Fsp3) is 0.583. The predicted molar refractivity (Wildman–Crippen MR) is 66.7 cm³/mol. The molecule has 0 aliphatic heterocycles. The summed E-state index contributed by atoms with van der Waals surface area (Å²) in [5.41, 5.74) is 6.06. The van der Waals surface area contributed by atoms with Gasteiger partial charge in [-0.05, 0) is 20.3 Å². The van der Waals surface area contributed by atoms with Crippen LogP contribution in [0.5, 0.6) is 0 Å². The van der Waals surface area contributed by atoms with E-state index in [-0.39, 0.29) is 18.1 Å². The molecule has 0 atom stereocenters. The monoisotopic (exact) mass is 290 g/mol. The molecule has 5 nitrogen and oxygen atoms in total. The number of hydrogen-bond acceptors (Lipinski definition) is 3. The van der Waals surface area contributed by atoms with Gasteiger partial charge in [0.2, 0.25) is 5.91 Å². The van der Waals surface area contributed by atoms with Crippen molar-refractivity contribution in [1.29, 1.82) is 0 Å². The van der Waals surface area contributed by atoms with E-state index in [1.165, 1.54) is 0 Å². The Bertz CT molecular complexity index is 501. The molecule has 0 spiro atoms. The van der Waals surface area contributed by atoms with Crippen LogP contribution < -0.4 is 5.73 Å². The molecule has 1 aromatic rings. The largest absolute Gasteiger partial charge is 0.408 e. The van der Waals surface area contributed by atoms with Gasteiger partial charge in [0.1, 0.15) is 12.4 Å². The lowest BCUT2D eigenvalue weighted by molar-refractivity contribution is -0.143. The maximum absolute atomic E-state index is 12.5. The van der Waals surface area contributed by atoms with Crippen LogP contribution in [0.15, 0.2) is 11.6 Å². The summed E-state index contributed by atoms with van der Waals surface area (Å²) in [6.07, 6.45) is -1.86. The molecule has 0 saturated carbocycles. The van der Waals surface area contributed by atoms with Crippen LogP contribution in [-0.2, 0) is 24.2 Å². The van der Waals surface area contributed by atoms with E-state index in [1.807, 2.05) is 19.9 Å². The third-order valence-electron chi connectivity index (χ3n) is 2.37. The van der Waals surface area contributed by atoms with E-state index in [4.69, 9.17) is 5.73 Å². The maximum Gasteiger partial charge on any atom is 0.408 e. The standard InChI is InChI=1S/C12H17F3N4O/c1-8(2)4-3-5-11-17-10(6-9(16)20)18-19(11)7-12(13,14)15/h4H,3,5-7H2,1-2H3,(H2,16,20). The average Bonchev–Trinajstić information content (AvgIpc) is 2.56. The fourth-order valence-electron chi connectivity index (χ4n) is 1.63. The summed E-state index contributed by atoms with van der Waals surface area (Å²) in [7, 11) is 0. The molecule has 0 radical (unpaired) electrons. The average molecular weight is 290 g/mol. The molecule has 1 aromatic heterocycles. The molecule has 0 saturated heterocycles. The Morgan fingerprint density at radius 1 is 1.40 bits per heavy atom. The smallest absolute Gasteiger partial charge is 0.369 e. The van der Waals surface area contributed by atoms with Crippen molar-refractivity contribution in [2.24, 2.45) is 5.73 Å². The Balaban J connectivity index is 2.90. The number of halogens is 3. The molecule has 0 aromatic carbocycles. The third kappa shape index (κ3) is 5.85. The second kappa shape index (κ2) is 6.53. The van der Waals surface area contributed by atoms with Crippen molar-refractivity contribution in [2.45, 2.75) is 45.8 Å². The first-order chi connectivity index (χ1) is 9.17. The number of alkyl halides is 3. The van der Waals surface area contributed by atoms with Crippen LogP contribution >= 0.6 is 0 Å². The number of nitrogens with two attached hydrogens (primary N) is 1. The van der Waals surface area contributed by atoms with Crippen molar-refractivity contribution >= 4 is 5.91 Å². The molecule has 1 rings (SSSR count). The highest BCUT2D eigenvalue weighted by molar-refractivity contribution is 5.75. The zero-order valence-electron chi connectivity index (χ0n) is 11.4. The van der Waals surface area contributed by atoms with Gasteiger partial charge in [-0.3, -0.25) is 4.79 Å². The second-order valence-corrected chi connectivity index (χ2v) is 4.68. The molecule has 0 aliphatic rings. The Morgan fingerprint density at radius 3 is 2.55 bits per heavy atom. The molecule has 8 heteroatoms. The molecule has 0 fully saturated rings. The quantitative estimate of drug-likeness (QED) is 0.811. The van der Waals surface area contributed by atoms with Gasteiger partial charge in [-0.1, -0.05) is 11.6 Å². The molecule has 20 heavy (non-hydrogen) atoms. The van der Waals surface area contributed by atoms with Gasteiger partial charge in [0.25, 0.3) is 0 Å². The normalized spacial score (nSPS) is 11.4. The van der Waals surface area contributed by atoms with Crippen LogP contribution in [0.3, 0.4) is 0 Å². The number of carbonyl (C=O) groups excluding carboxylic acids is 1. The van der Waals surface area contributed by atoms with E-state index >= 15 is 0 Å². The zero-order chi connectivity index (χ0) is 15.3. The Kier molecular flexibility index (Phi) is 5.29. The summed E-state index contributed by atoms with van der Waals surface area (Å²) < 4.78 is 38.1. The van der Waals surface area contributed by atoms with Crippen molar-refractivity contribution in [3.8, 4) is 0 Å². The molecule has 0 unspecified atom stereocenters. The second-order valence-electron chi connectivity index (χ2n) is 4.68. The van der Waals surface area contributed by atoms with Gasteiger partial charge in [-0.15, -0.1) is 0 Å². The van der Waals surface area contributed by atoms with Crippen LogP contribution in [0, 0.1) is 0 Å². The number of aromatic nitrogens is 3. The number of rotatable bonds is 6. The van der Waals surface area contributed by atoms with Crippen molar-refractivity contribution < 1.29 is 18.0 Å². The summed E-state index contributed by atoms with van der Waals surface area (Å²) in [5, 5.41) is 3.70. The number of primary amides is 1. The van der Waals surface area contributed by atoms with Gasteiger partial charge in [-0.25, -0.2) is 9.67 Å². The van der Waals surface area contributed by atoms with E-state index in [1.54, 1.807) is 0 Å². The van der Waals surface area contributed by atoms with Gasteiger partial charge in [0.05, 0.1) is 6.42 Å². The lowest BCUT2D eigenvalue weighted by atomic mass is 10.2. The molecular formula is C12H17F3N4O. The summed E-state index contributed by atoms with van der Waals surface area (Å²) in [5.74, 6) is -0.449. The van der Waals surface area contributed by atoms with Crippen molar-refractivity contribution in [2.75, 3.05) is 0 Å². The van der Waals surface area contributed by atoms with E-state index in [0.717, 1.165) is 10.3 Å². The number of hydrogen-bond donors (Lipinski definition) is 1. The van der Waals surface area contributed by atoms with Gasteiger partial charge in [-0.2, -0.15) is 18.3 Å². The SMILES string of the molecule is CC(C)=CCCc1nc(CC(N)=O)nn1CC(F)(F)F. The molecule has 1 heterocycles. The first-order valence-corrected chi connectivity index (χ1v) is 6.08. The van der Waals surface area contributed by atoms with E-state index in [2.05, 4.69) is 10.1 Å². The first-order valence-electron chi connectivity index (χ1n) is 6.08. The van der Waals surface area contributed by atoms with Crippen LogP contribution in [0.25, 0.3) is 0 Å². The topological polar surface area (TPSA) is 73.8 Å². The first kappa shape index (κ1) is 16.2. The van der Waals surface area contributed by atoms with Gasteiger partial charge in [0, 0.05) is 6.42 Å². The maximum atomic E-state index is 12.5. The highest BCUT2D eigenvalue weighted by Crippen LogP contribution is 2.18. The van der Waals surface area contributed by atoms with Crippen LogP contribution in [0.4, 0.5) is 13.2 Å².